The third-order valence-electron chi connectivity index (χ3n) is 5.29. The van der Waals surface area contributed by atoms with Gasteiger partial charge in [-0.1, -0.05) is 38.1 Å². The summed E-state index contributed by atoms with van der Waals surface area (Å²) >= 11 is 0. The number of benzene rings is 1. The molecule has 1 aromatic carbocycles. The van der Waals surface area contributed by atoms with Gasteiger partial charge in [-0.2, -0.15) is 48.3 Å². The quantitative estimate of drug-likeness (QED) is 0.336. The van der Waals surface area contributed by atoms with Crippen molar-refractivity contribution < 1.29 is 53.0 Å². The van der Waals surface area contributed by atoms with E-state index in [4.69, 9.17) is 4.74 Å². The molecular formula is C19H21F11O. The largest absolute Gasteiger partial charge is 0.460 e. The Morgan fingerprint density at radius 1 is 0.839 bits per heavy atom. The summed E-state index contributed by atoms with van der Waals surface area (Å²) in [5, 5.41) is 0. The van der Waals surface area contributed by atoms with Crippen LogP contribution in [0, 0.1) is 0 Å². The number of halogens is 11. The van der Waals surface area contributed by atoms with Crippen molar-refractivity contribution in [2.24, 2.45) is 0 Å². The van der Waals surface area contributed by atoms with Gasteiger partial charge in [0.05, 0.1) is 12.0 Å². The van der Waals surface area contributed by atoms with Gasteiger partial charge >= 0.3 is 29.9 Å². The predicted octanol–water partition coefficient (Wildman–Crippen LogP) is 7.56. The van der Waals surface area contributed by atoms with Crippen molar-refractivity contribution in [3.05, 3.63) is 35.4 Å². The highest BCUT2D eigenvalue weighted by Gasteiger charge is 2.87. The monoisotopic (exact) mass is 474 g/mol. The Morgan fingerprint density at radius 3 is 1.77 bits per heavy atom. The molecule has 0 radical (unpaired) electrons. The lowest BCUT2D eigenvalue weighted by Gasteiger charge is -2.40. The van der Waals surface area contributed by atoms with Crippen LogP contribution in [-0.4, -0.2) is 37.0 Å². The van der Waals surface area contributed by atoms with Crippen molar-refractivity contribution in [1.82, 2.24) is 0 Å². The van der Waals surface area contributed by atoms with Crippen LogP contribution in [0.5, 0.6) is 0 Å². The topological polar surface area (TPSA) is 9.23 Å². The Morgan fingerprint density at radius 2 is 1.35 bits per heavy atom. The average molecular weight is 474 g/mol. The molecule has 0 saturated carbocycles. The average Bonchev–Trinajstić information content (AvgIpc) is 2.65. The third-order valence-corrected chi connectivity index (χ3v) is 5.29. The molecule has 12 heteroatoms. The Balaban J connectivity index is 3.46. The first kappa shape index (κ1) is 27.4. The van der Waals surface area contributed by atoms with Gasteiger partial charge in [-0.05, 0) is 30.4 Å². The second-order valence-corrected chi connectivity index (χ2v) is 7.47. The molecule has 180 valence electrons. The molecule has 1 nitrogen and oxygen atoms in total. The van der Waals surface area contributed by atoms with Gasteiger partial charge in [0, 0.05) is 7.11 Å². The van der Waals surface area contributed by atoms with Gasteiger partial charge in [-0.3, -0.25) is 0 Å². The summed E-state index contributed by atoms with van der Waals surface area (Å²) in [6, 6.07) is 5.38. The van der Waals surface area contributed by atoms with Crippen LogP contribution < -0.4 is 0 Å². The number of rotatable bonds is 9. The zero-order chi connectivity index (χ0) is 24.7. The van der Waals surface area contributed by atoms with Crippen LogP contribution in [0.3, 0.4) is 0 Å². The van der Waals surface area contributed by atoms with Gasteiger partial charge in [0.15, 0.2) is 0 Å². The summed E-state index contributed by atoms with van der Waals surface area (Å²) < 4.78 is 151. The Hall–Kier alpha value is -1.59. The van der Waals surface area contributed by atoms with E-state index in [1.54, 1.807) is 19.9 Å². The minimum atomic E-state index is -7.44. The number of alkyl halides is 11. The fourth-order valence-electron chi connectivity index (χ4n) is 2.84. The van der Waals surface area contributed by atoms with Crippen LogP contribution in [0.25, 0.3) is 0 Å². The van der Waals surface area contributed by atoms with Crippen molar-refractivity contribution >= 4 is 0 Å². The van der Waals surface area contributed by atoms with Crippen molar-refractivity contribution in [3.8, 4) is 0 Å². The first-order chi connectivity index (χ1) is 13.7. The smallest absolute Gasteiger partial charge is 0.374 e. The van der Waals surface area contributed by atoms with Gasteiger partial charge in [0.25, 0.3) is 0 Å². The number of hydrogen-bond acceptors (Lipinski definition) is 1. The summed E-state index contributed by atoms with van der Waals surface area (Å²) in [4.78, 5) is 0. The molecule has 2 atom stereocenters. The van der Waals surface area contributed by atoms with Crippen LogP contribution in [-0.2, 0) is 10.3 Å². The standard InChI is InChI=1S/C19H21F11O/c1-5-11(2)12-7-6-8-13(9-12)14(3,31-4)10-15(20,21)16(22,23)17(24,25)18(26,27)19(28,29)30/h6-9,11H,5,10H2,1-4H3. The molecule has 0 N–H and O–H groups in total. The normalized spacial score (nSPS) is 17.4. The fourth-order valence-corrected chi connectivity index (χ4v) is 2.84. The minimum Gasteiger partial charge on any atom is -0.374 e. The third kappa shape index (κ3) is 4.63. The molecule has 2 unspecified atom stereocenters. The number of ether oxygens (including phenoxy) is 1. The Labute approximate surface area is 171 Å². The molecule has 0 fully saturated rings. The van der Waals surface area contributed by atoms with Crippen molar-refractivity contribution in [3.63, 3.8) is 0 Å². The van der Waals surface area contributed by atoms with Crippen LogP contribution in [0.1, 0.15) is 50.7 Å². The Kier molecular flexibility index (Phi) is 7.44. The lowest BCUT2D eigenvalue weighted by molar-refractivity contribution is -0.424. The van der Waals surface area contributed by atoms with Gasteiger partial charge in [-0.25, -0.2) is 0 Å². The first-order valence-corrected chi connectivity index (χ1v) is 8.95. The van der Waals surface area contributed by atoms with E-state index in [0.29, 0.717) is 12.0 Å². The second-order valence-electron chi connectivity index (χ2n) is 7.47. The molecule has 0 aliphatic heterocycles. The molecule has 0 aliphatic rings. The van der Waals surface area contributed by atoms with E-state index in [1.165, 1.54) is 12.1 Å². The minimum absolute atomic E-state index is 0.113. The fraction of sp³-hybridized carbons (Fsp3) is 0.684. The van der Waals surface area contributed by atoms with E-state index >= 15 is 0 Å². The van der Waals surface area contributed by atoms with E-state index in [1.807, 2.05) is 0 Å². The number of hydrogen-bond donors (Lipinski definition) is 0. The van der Waals surface area contributed by atoms with Crippen molar-refractivity contribution in [1.29, 1.82) is 0 Å². The first-order valence-electron chi connectivity index (χ1n) is 8.95. The molecule has 0 heterocycles. The molecule has 0 saturated heterocycles. The van der Waals surface area contributed by atoms with Gasteiger partial charge in [0.2, 0.25) is 0 Å². The molecular weight excluding hydrogens is 453 g/mol. The maximum Gasteiger partial charge on any atom is 0.460 e. The molecule has 0 amide bonds. The van der Waals surface area contributed by atoms with Crippen molar-refractivity contribution in [2.75, 3.05) is 7.11 Å². The molecule has 0 bridgehead atoms. The van der Waals surface area contributed by atoms with Crippen LogP contribution >= 0.6 is 0 Å². The highest BCUT2D eigenvalue weighted by Crippen LogP contribution is 2.59. The zero-order valence-corrected chi connectivity index (χ0v) is 16.9. The zero-order valence-electron chi connectivity index (χ0n) is 16.9. The van der Waals surface area contributed by atoms with E-state index in [9.17, 15) is 48.3 Å². The summed E-state index contributed by atoms with van der Waals surface area (Å²) in [5.74, 6) is -28.0. The summed E-state index contributed by atoms with van der Waals surface area (Å²) in [7, 11) is 0.784. The second kappa shape index (κ2) is 8.40. The lowest BCUT2D eigenvalue weighted by Crippen LogP contribution is -2.67. The highest BCUT2D eigenvalue weighted by atomic mass is 19.4. The Bertz CT molecular complexity index is 757. The summed E-state index contributed by atoms with van der Waals surface area (Å²) in [6.07, 6.45) is -8.89. The molecule has 0 aromatic heterocycles. The maximum atomic E-state index is 14.3. The molecule has 31 heavy (non-hydrogen) atoms. The lowest BCUT2D eigenvalue weighted by atomic mass is 9.83. The maximum absolute atomic E-state index is 14.3. The molecule has 1 aromatic rings. The summed E-state index contributed by atoms with van der Waals surface area (Å²) in [5.41, 5.74) is -2.03. The highest BCUT2D eigenvalue weighted by molar-refractivity contribution is 5.30. The summed E-state index contributed by atoms with van der Waals surface area (Å²) in [6.45, 7) is 4.36. The van der Waals surface area contributed by atoms with Crippen LogP contribution in [0.15, 0.2) is 24.3 Å². The van der Waals surface area contributed by atoms with E-state index < -0.39 is 41.9 Å². The van der Waals surface area contributed by atoms with E-state index in [-0.39, 0.29) is 11.5 Å². The van der Waals surface area contributed by atoms with Crippen LogP contribution in [0.2, 0.25) is 0 Å². The van der Waals surface area contributed by atoms with Gasteiger partial charge in [0.1, 0.15) is 0 Å². The van der Waals surface area contributed by atoms with Crippen molar-refractivity contribution in [2.45, 2.75) is 75.0 Å². The van der Waals surface area contributed by atoms with Crippen LogP contribution in [0.4, 0.5) is 48.3 Å². The van der Waals surface area contributed by atoms with Gasteiger partial charge in [-0.15, -0.1) is 0 Å². The predicted molar refractivity (Wildman–Crippen MR) is 90.0 cm³/mol. The molecule has 1 rings (SSSR count). The van der Waals surface area contributed by atoms with E-state index in [2.05, 4.69) is 0 Å². The SMILES string of the molecule is CCC(C)c1cccc(C(C)(CC(F)(F)C(F)(F)C(F)(F)C(F)(F)C(F)(F)F)OC)c1. The number of methoxy groups -OCH3 is 1. The van der Waals surface area contributed by atoms with E-state index in [0.717, 1.165) is 20.1 Å². The molecule has 0 aliphatic carbocycles. The molecule has 0 spiro atoms. The van der Waals surface area contributed by atoms with Gasteiger partial charge < -0.3 is 4.74 Å².